The molecule has 0 spiro atoms. The van der Waals surface area contributed by atoms with Gasteiger partial charge >= 0.3 is 0 Å². The SMILES string of the molecule is CC[C@](C)(O)c1cccc(C(C)(C)C)c1. The standard InChI is InChI=1S/C14H22O/c1-6-14(5,15)12-9-7-8-11(10-12)13(2,3)4/h7-10,15H,6H2,1-5H3/t14-/m0/s1. The van der Waals surface area contributed by atoms with E-state index in [1.807, 2.05) is 26.0 Å². The normalized spacial score (nSPS) is 16.1. The fourth-order valence-electron chi connectivity index (χ4n) is 1.52. The van der Waals surface area contributed by atoms with Crippen LogP contribution in [0.15, 0.2) is 24.3 Å². The lowest BCUT2D eigenvalue weighted by atomic mass is 9.83. The molecule has 0 aliphatic rings. The van der Waals surface area contributed by atoms with Gasteiger partial charge in [0.2, 0.25) is 0 Å². The number of rotatable bonds is 2. The first-order chi connectivity index (χ1) is 6.77. The van der Waals surface area contributed by atoms with Crippen LogP contribution in [-0.2, 0) is 11.0 Å². The second kappa shape index (κ2) is 3.97. The smallest absolute Gasteiger partial charge is 0.0866 e. The molecule has 0 saturated carbocycles. The Hall–Kier alpha value is -0.820. The summed E-state index contributed by atoms with van der Waals surface area (Å²) in [6.07, 6.45) is 0.737. The van der Waals surface area contributed by atoms with Crippen molar-refractivity contribution in [1.29, 1.82) is 0 Å². The lowest BCUT2D eigenvalue weighted by Crippen LogP contribution is -2.21. The van der Waals surface area contributed by atoms with Gasteiger partial charge in [0.05, 0.1) is 5.60 Å². The molecular weight excluding hydrogens is 184 g/mol. The highest BCUT2D eigenvalue weighted by Crippen LogP contribution is 2.29. The minimum absolute atomic E-state index is 0.139. The average molecular weight is 206 g/mol. The number of benzene rings is 1. The fourth-order valence-corrected chi connectivity index (χ4v) is 1.52. The van der Waals surface area contributed by atoms with Gasteiger partial charge in [-0.15, -0.1) is 0 Å². The van der Waals surface area contributed by atoms with Crippen LogP contribution in [0, 0.1) is 0 Å². The van der Waals surface area contributed by atoms with E-state index >= 15 is 0 Å². The van der Waals surface area contributed by atoms with E-state index < -0.39 is 5.60 Å². The van der Waals surface area contributed by atoms with Crippen molar-refractivity contribution >= 4 is 0 Å². The Kier molecular flexibility index (Phi) is 3.25. The second-order valence-electron chi connectivity index (χ2n) is 5.46. The molecule has 1 aromatic rings. The molecule has 1 aromatic carbocycles. The fraction of sp³-hybridized carbons (Fsp3) is 0.571. The lowest BCUT2D eigenvalue weighted by Gasteiger charge is -2.25. The number of hydrogen-bond acceptors (Lipinski definition) is 1. The molecule has 1 atom stereocenters. The first-order valence-electron chi connectivity index (χ1n) is 5.61. The van der Waals surface area contributed by atoms with Gasteiger partial charge in [-0.1, -0.05) is 52.0 Å². The lowest BCUT2D eigenvalue weighted by molar-refractivity contribution is 0.0529. The second-order valence-corrected chi connectivity index (χ2v) is 5.46. The minimum Gasteiger partial charge on any atom is -0.385 e. The third-order valence-corrected chi connectivity index (χ3v) is 3.04. The molecule has 84 valence electrons. The van der Waals surface area contributed by atoms with Gasteiger partial charge in [0, 0.05) is 0 Å². The monoisotopic (exact) mass is 206 g/mol. The predicted octanol–water partition coefficient (Wildman–Crippen LogP) is 3.60. The summed E-state index contributed by atoms with van der Waals surface area (Å²) in [5, 5.41) is 10.2. The van der Waals surface area contributed by atoms with E-state index in [2.05, 4.69) is 32.9 Å². The van der Waals surface area contributed by atoms with Crippen molar-refractivity contribution in [3.63, 3.8) is 0 Å². The molecular formula is C14H22O. The van der Waals surface area contributed by atoms with Crippen LogP contribution in [0.3, 0.4) is 0 Å². The average Bonchev–Trinajstić information content (AvgIpc) is 2.17. The van der Waals surface area contributed by atoms with Gasteiger partial charge < -0.3 is 5.11 Å². The number of hydrogen-bond donors (Lipinski definition) is 1. The maximum atomic E-state index is 10.2. The third kappa shape index (κ3) is 2.82. The third-order valence-electron chi connectivity index (χ3n) is 3.04. The van der Waals surface area contributed by atoms with Crippen molar-refractivity contribution < 1.29 is 5.11 Å². The van der Waals surface area contributed by atoms with Crippen LogP contribution >= 0.6 is 0 Å². The van der Waals surface area contributed by atoms with E-state index in [0.717, 1.165) is 12.0 Å². The van der Waals surface area contributed by atoms with E-state index in [0.29, 0.717) is 0 Å². The van der Waals surface area contributed by atoms with Crippen LogP contribution in [0.25, 0.3) is 0 Å². The van der Waals surface area contributed by atoms with Crippen LogP contribution in [0.4, 0.5) is 0 Å². The Morgan fingerprint density at radius 1 is 1.07 bits per heavy atom. The quantitative estimate of drug-likeness (QED) is 0.784. The van der Waals surface area contributed by atoms with Gasteiger partial charge in [-0.25, -0.2) is 0 Å². The highest BCUT2D eigenvalue weighted by Gasteiger charge is 2.22. The summed E-state index contributed by atoms with van der Waals surface area (Å²) >= 11 is 0. The summed E-state index contributed by atoms with van der Waals surface area (Å²) in [4.78, 5) is 0. The molecule has 0 radical (unpaired) electrons. The van der Waals surface area contributed by atoms with Gasteiger partial charge in [0.1, 0.15) is 0 Å². The first-order valence-corrected chi connectivity index (χ1v) is 5.61. The highest BCUT2D eigenvalue weighted by molar-refractivity contribution is 5.31. The van der Waals surface area contributed by atoms with E-state index in [4.69, 9.17) is 0 Å². The molecule has 0 amide bonds. The summed E-state index contributed by atoms with van der Waals surface area (Å²) in [7, 11) is 0. The van der Waals surface area contributed by atoms with Crippen molar-refractivity contribution in [2.24, 2.45) is 0 Å². The van der Waals surface area contributed by atoms with Crippen LogP contribution in [0.2, 0.25) is 0 Å². The molecule has 0 unspecified atom stereocenters. The van der Waals surface area contributed by atoms with Crippen LogP contribution in [-0.4, -0.2) is 5.11 Å². The highest BCUT2D eigenvalue weighted by atomic mass is 16.3. The molecule has 0 bridgehead atoms. The topological polar surface area (TPSA) is 20.2 Å². The van der Waals surface area contributed by atoms with Crippen LogP contribution in [0.5, 0.6) is 0 Å². The van der Waals surface area contributed by atoms with Gasteiger partial charge in [0.25, 0.3) is 0 Å². The summed E-state index contributed by atoms with van der Waals surface area (Å²) in [5.74, 6) is 0. The molecule has 0 saturated heterocycles. The van der Waals surface area contributed by atoms with Crippen LogP contribution < -0.4 is 0 Å². The van der Waals surface area contributed by atoms with Gasteiger partial charge in [-0.2, -0.15) is 0 Å². The Morgan fingerprint density at radius 3 is 2.07 bits per heavy atom. The largest absolute Gasteiger partial charge is 0.385 e. The molecule has 1 N–H and O–H groups in total. The van der Waals surface area contributed by atoms with E-state index in [-0.39, 0.29) is 5.41 Å². The molecule has 0 aliphatic carbocycles. The molecule has 15 heavy (non-hydrogen) atoms. The Balaban J connectivity index is 3.14. The van der Waals surface area contributed by atoms with E-state index in [9.17, 15) is 5.11 Å². The summed E-state index contributed by atoms with van der Waals surface area (Å²) in [5.41, 5.74) is 1.72. The molecule has 0 aliphatic heterocycles. The van der Waals surface area contributed by atoms with Crippen molar-refractivity contribution in [3.8, 4) is 0 Å². The Bertz CT molecular complexity index is 331. The first kappa shape index (κ1) is 12.3. The predicted molar refractivity (Wildman–Crippen MR) is 65.0 cm³/mol. The van der Waals surface area contributed by atoms with E-state index in [1.165, 1.54) is 5.56 Å². The Morgan fingerprint density at radius 2 is 1.60 bits per heavy atom. The van der Waals surface area contributed by atoms with Crippen LogP contribution in [0.1, 0.15) is 52.2 Å². The molecule has 1 nitrogen and oxygen atoms in total. The van der Waals surface area contributed by atoms with Crippen molar-refractivity contribution in [1.82, 2.24) is 0 Å². The summed E-state index contributed by atoms with van der Waals surface area (Å²) < 4.78 is 0. The van der Waals surface area contributed by atoms with Gasteiger partial charge in [-0.05, 0) is 29.9 Å². The summed E-state index contributed by atoms with van der Waals surface area (Å²) in [6.45, 7) is 10.4. The van der Waals surface area contributed by atoms with Gasteiger partial charge in [0.15, 0.2) is 0 Å². The van der Waals surface area contributed by atoms with Crippen molar-refractivity contribution in [2.75, 3.05) is 0 Å². The number of aliphatic hydroxyl groups is 1. The zero-order valence-corrected chi connectivity index (χ0v) is 10.5. The van der Waals surface area contributed by atoms with Gasteiger partial charge in [-0.3, -0.25) is 0 Å². The Labute approximate surface area is 93.1 Å². The molecule has 0 aromatic heterocycles. The maximum Gasteiger partial charge on any atom is 0.0866 e. The summed E-state index contributed by atoms with van der Waals surface area (Å²) in [6, 6.07) is 8.26. The van der Waals surface area contributed by atoms with E-state index in [1.54, 1.807) is 0 Å². The molecule has 1 heteroatoms. The zero-order valence-electron chi connectivity index (χ0n) is 10.5. The van der Waals surface area contributed by atoms with Crippen molar-refractivity contribution in [3.05, 3.63) is 35.4 Å². The maximum absolute atomic E-state index is 10.2. The molecule has 0 fully saturated rings. The minimum atomic E-state index is -0.707. The zero-order chi connectivity index (χ0) is 11.7. The van der Waals surface area contributed by atoms with Crippen molar-refractivity contribution in [2.45, 2.75) is 52.1 Å². The molecule has 1 rings (SSSR count). The molecule has 0 heterocycles.